The summed E-state index contributed by atoms with van der Waals surface area (Å²) < 4.78 is 5.75. The molecule has 0 aromatic heterocycles. The summed E-state index contributed by atoms with van der Waals surface area (Å²) in [5.41, 5.74) is 0.684. The highest BCUT2D eigenvalue weighted by molar-refractivity contribution is 5.39. The number of rotatable bonds is 5. The van der Waals surface area contributed by atoms with Gasteiger partial charge in [-0.3, -0.25) is 4.90 Å². The molecule has 0 radical (unpaired) electrons. The summed E-state index contributed by atoms with van der Waals surface area (Å²) in [6.45, 7) is 8.77. The molecular formula is C16H26N2O2. The summed E-state index contributed by atoms with van der Waals surface area (Å²) in [5, 5.41) is 13.5. The Bertz CT molecular complexity index is 417. The third-order valence-electron chi connectivity index (χ3n) is 4.11. The summed E-state index contributed by atoms with van der Waals surface area (Å²) in [7, 11) is 0. The SMILES string of the molecule is CCOc1ccccc1C(C)(CO)N1CCCNCC1. The van der Waals surface area contributed by atoms with Crippen LogP contribution in [0.4, 0.5) is 0 Å². The summed E-state index contributed by atoms with van der Waals surface area (Å²) in [6.07, 6.45) is 1.10. The molecule has 0 amide bonds. The minimum absolute atomic E-state index is 0.0943. The average molecular weight is 278 g/mol. The van der Waals surface area contributed by atoms with Crippen molar-refractivity contribution >= 4 is 0 Å². The van der Waals surface area contributed by atoms with Gasteiger partial charge in [0, 0.05) is 25.2 Å². The first-order chi connectivity index (χ1) is 9.72. The van der Waals surface area contributed by atoms with Gasteiger partial charge in [-0.25, -0.2) is 0 Å². The van der Waals surface area contributed by atoms with Crippen molar-refractivity contribution in [2.75, 3.05) is 39.4 Å². The van der Waals surface area contributed by atoms with Gasteiger partial charge < -0.3 is 15.2 Å². The van der Waals surface area contributed by atoms with Gasteiger partial charge in [0.2, 0.25) is 0 Å². The molecule has 1 heterocycles. The molecule has 1 aliphatic rings. The Kier molecular flexibility index (Phi) is 5.40. The molecule has 1 atom stereocenters. The lowest BCUT2D eigenvalue weighted by Crippen LogP contribution is -2.48. The van der Waals surface area contributed by atoms with Crippen LogP contribution in [0.5, 0.6) is 5.75 Å². The van der Waals surface area contributed by atoms with E-state index >= 15 is 0 Å². The Morgan fingerprint density at radius 3 is 2.85 bits per heavy atom. The molecule has 4 heteroatoms. The molecule has 1 unspecified atom stereocenters. The van der Waals surface area contributed by atoms with E-state index < -0.39 is 5.54 Å². The van der Waals surface area contributed by atoms with Crippen LogP contribution in [0.1, 0.15) is 25.8 Å². The monoisotopic (exact) mass is 278 g/mol. The number of ether oxygens (including phenoxy) is 1. The van der Waals surface area contributed by atoms with Crippen LogP contribution in [-0.4, -0.2) is 49.4 Å². The van der Waals surface area contributed by atoms with E-state index in [0.29, 0.717) is 6.61 Å². The minimum Gasteiger partial charge on any atom is -0.494 e. The third kappa shape index (κ3) is 3.14. The van der Waals surface area contributed by atoms with Crippen LogP contribution >= 0.6 is 0 Å². The zero-order valence-corrected chi connectivity index (χ0v) is 12.6. The van der Waals surface area contributed by atoms with Crippen LogP contribution in [0.2, 0.25) is 0 Å². The van der Waals surface area contributed by atoms with E-state index in [2.05, 4.69) is 23.2 Å². The van der Waals surface area contributed by atoms with Gasteiger partial charge in [0.25, 0.3) is 0 Å². The zero-order chi connectivity index (χ0) is 14.4. The van der Waals surface area contributed by atoms with E-state index in [1.807, 2.05) is 25.1 Å². The van der Waals surface area contributed by atoms with Gasteiger partial charge in [0.1, 0.15) is 5.75 Å². The van der Waals surface area contributed by atoms with Crippen LogP contribution in [0, 0.1) is 0 Å². The minimum atomic E-state index is -0.391. The summed E-state index contributed by atoms with van der Waals surface area (Å²) in [5.74, 6) is 0.878. The maximum Gasteiger partial charge on any atom is 0.124 e. The molecule has 1 aromatic rings. The molecule has 0 saturated carbocycles. The van der Waals surface area contributed by atoms with Crippen molar-refractivity contribution in [2.45, 2.75) is 25.8 Å². The van der Waals surface area contributed by atoms with Gasteiger partial charge in [0.05, 0.1) is 18.8 Å². The lowest BCUT2D eigenvalue weighted by Gasteiger charge is -2.40. The molecular weight excluding hydrogens is 252 g/mol. The topological polar surface area (TPSA) is 44.7 Å². The van der Waals surface area contributed by atoms with E-state index in [4.69, 9.17) is 4.74 Å². The van der Waals surface area contributed by atoms with Crippen molar-refractivity contribution in [3.8, 4) is 5.75 Å². The molecule has 1 aromatic carbocycles. The molecule has 1 aliphatic heterocycles. The molecule has 20 heavy (non-hydrogen) atoms. The Balaban J connectivity index is 2.33. The number of aliphatic hydroxyl groups is 1. The highest BCUT2D eigenvalue weighted by Crippen LogP contribution is 2.35. The van der Waals surface area contributed by atoms with E-state index in [9.17, 15) is 5.11 Å². The van der Waals surface area contributed by atoms with Gasteiger partial charge in [-0.15, -0.1) is 0 Å². The van der Waals surface area contributed by atoms with Gasteiger partial charge in [-0.1, -0.05) is 18.2 Å². The fraction of sp³-hybridized carbons (Fsp3) is 0.625. The molecule has 1 fully saturated rings. The molecule has 0 aliphatic carbocycles. The number of nitrogens with one attached hydrogen (secondary N) is 1. The van der Waals surface area contributed by atoms with Gasteiger partial charge in [0.15, 0.2) is 0 Å². The quantitative estimate of drug-likeness (QED) is 0.858. The van der Waals surface area contributed by atoms with Crippen LogP contribution in [0.25, 0.3) is 0 Å². The fourth-order valence-corrected chi connectivity index (χ4v) is 2.89. The first-order valence-corrected chi connectivity index (χ1v) is 7.51. The first-order valence-electron chi connectivity index (χ1n) is 7.51. The fourth-order valence-electron chi connectivity index (χ4n) is 2.89. The number of benzene rings is 1. The second-order valence-corrected chi connectivity index (χ2v) is 5.45. The predicted octanol–water partition coefficient (Wildman–Crippen LogP) is 1.59. The maximum atomic E-state index is 10.1. The van der Waals surface area contributed by atoms with Crippen LogP contribution < -0.4 is 10.1 Å². The third-order valence-corrected chi connectivity index (χ3v) is 4.11. The number of hydrogen-bond donors (Lipinski definition) is 2. The van der Waals surface area contributed by atoms with Crippen molar-refractivity contribution in [3.63, 3.8) is 0 Å². The van der Waals surface area contributed by atoms with E-state index in [0.717, 1.165) is 43.9 Å². The summed E-state index contributed by atoms with van der Waals surface area (Å²) >= 11 is 0. The second kappa shape index (κ2) is 7.07. The standard InChI is InChI=1S/C16H26N2O2/c1-3-20-15-8-5-4-7-14(15)16(2,13-19)18-11-6-9-17-10-12-18/h4-5,7-8,17,19H,3,6,9-13H2,1-2H3. The van der Waals surface area contributed by atoms with Crippen molar-refractivity contribution in [1.29, 1.82) is 0 Å². The number of nitrogens with zero attached hydrogens (tertiary/aromatic N) is 1. The summed E-state index contributed by atoms with van der Waals surface area (Å²) in [6, 6.07) is 8.06. The van der Waals surface area contributed by atoms with Crippen LogP contribution in [-0.2, 0) is 5.54 Å². The smallest absolute Gasteiger partial charge is 0.124 e. The Hall–Kier alpha value is -1.10. The Morgan fingerprint density at radius 1 is 1.30 bits per heavy atom. The molecule has 2 rings (SSSR count). The van der Waals surface area contributed by atoms with Gasteiger partial charge in [-0.2, -0.15) is 0 Å². The molecule has 0 spiro atoms. The van der Waals surface area contributed by atoms with E-state index in [-0.39, 0.29) is 6.61 Å². The number of aliphatic hydroxyl groups excluding tert-OH is 1. The lowest BCUT2D eigenvalue weighted by molar-refractivity contribution is 0.0429. The largest absolute Gasteiger partial charge is 0.494 e. The second-order valence-electron chi connectivity index (χ2n) is 5.45. The molecule has 112 valence electrons. The van der Waals surface area contributed by atoms with E-state index in [1.165, 1.54) is 0 Å². The Morgan fingerprint density at radius 2 is 2.10 bits per heavy atom. The number of para-hydroxylation sites is 1. The van der Waals surface area contributed by atoms with Crippen molar-refractivity contribution in [3.05, 3.63) is 29.8 Å². The predicted molar refractivity (Wildman–Crippen MR) is 81.1 cm³/mol. The molecule has 2 N–H and O–H groups in total. The molecule has 0 bridgehead atoms. The highest BCUT2D eigenvalue weighted by atomic mass is 16.5. The van der Waals surface area contributed by atoms with Crippen LogP contribution in [0.15, 0.2) is 24.3 Å². The zero-order valence-electron chi connectivity index (χ0n) is 12.6. The normalized spacial score (nSPS) is 20.1. The molecule has 4 nitrogen and oxygen atoms in total. The van der Waals surface area contributed by atoms with Crippen molar-refractivity contribution < 1.29 is 9.84 Å². The lowest BCUT2D eigenvalue weighted by atomic mass is 9.89. The average Bonchev–Trinajstić information content (AvgIpc) is 2.77. The Labute approximate surface area is 121 Å². The van der Waals surface area contributed by atoms with Gasteiger partial charge in [-0.05, 0) is 32.9 Å². The van der Waals surface area contributed by atoms with E-state index in [1.54, 1.807) is 0 Å². The highest BCUT2D eigenvalue weighted by Gasteiger charge is 2.35. The van der Waals surface area contributed by atoms with Crippen molar-refractivity contribution in [1.82, 2.24) is 10.2 Å². The first kappa shape index (κ1) is 15.3. The maximum absolute atomic E-state index is 10.1. The summed E-state index contributed by atoms with van der Waals surface area (Å²) in [4.78, 5) is 2.37. The van der Waals surface area contributed by atoms with Crippen molar-refractivity contribution in [2.24, 2.45) is 0 Å². The molecule has 1 saturated heterocycles. The van der Waals surface area contributed by atoms with Gasteiger partial charge >= 0.3 is 0 Å². The number of hydrogen-bond acceptors (Lipinski definition) is 4. The van der Waals surface area contributed by atoms with Crippen LogP contribution in [0.3, 0.4) is 0 Å².